The summed E-state index contributed by atoms with van der Waals surface area (Å²) in [5, 5.41) is 10.7. The molecule has 78 valence electrons. The molecule has 14 heavy (non-hydrogen) atoms. The number of carbonyl (C=O) groups is 1. The van der Waals surface area contributed by atoms with Crippen LogP contribution in [0.3, 0.4) is 0 Å². The summed E-state index contributed by atoms with van der Waals surface area (Å²) in [6.07, 6.45) is 0. The van der Waals surface area contributed by atoms with Gasteiger partial charge in [0.25, 0.3) is 0 Å². The number of hydrogen-bond acceptors (Lipinski definition) is 2. The summed E-state index contributed by atoms with van der Waals surface area (Å²) >= 11 is 0. The van der Waals surface area contributed by atoms with E-state index in [0.29, 0.717) is 5.56 Å². The molecule has 0 unspecified atom stereocenters. The van der Waals surface area contributed by atoms with E-state index in [1.165, 1.54) is 0 Å². The van der Waals surface area contributed by atoms with Gasteiger partial charge < -0.3 is 16.1 Å². The smallest absolute Gasteiger partial charge is 0.0718 e. The van der Waals surface area contributed by atoms with Crippen molar-refractivity contribution >= 4 is 5.97 Å². The fraction of sp³-hybridized carbons (Fsp3) is 0.364. The molecule has 0 radical (unpaired) electrons. The highest BCUT2D eigenvalue weighted by molar-refractivity contribution is 5.88. The number of aromatic carboxylic acids is 1. The Morgan fingerprint density at radius 1 is 1.07 bits per heavy atom. The number of aryl methyl sites for hydroxylation is 1. The minimum absolute atomic E-state index is 0. The molecule has 0 saturated heterocycles. The average molecular weight is 195 g/mol. The van der Waals surface area contributed by atoms with Gasteiger partial charge >= 0.3 is 0 Å². The lowest BCUT2D eigenvalue weighted by Gasteiger charge is -2.14. The average Bonchev–Trinajstić information content (AvgIpc) is 2.07. The third-order valence-corrected chi connectivity index (χ3v) is 2.70. The number of carboxylic acid groups (broad SMARTS) is 1. The molecule has 1 rings (SSSR count). The Balaban J connectivity index is 0.00000169. The van der Waals surface area contributed by atoms with Crippen LogP contribution in [0.25, 0.3) is 0 Å². The summed E-state index contributed by atoms with van der Waals surface area (Å²) < 4.78 is 0. The van der Waals surface area contributed by atoms with Crippen molar-refractivity contribution in [1.29, 1.82) is 0 Å². The van der Waals surface area contributed by atoms with Crippen LogP contribution in [0, 0.1) is 27.7 Å². The van der Waals surface area contributed by atoms with E-state index in [1.54, 1.807) is 6.07 Å². The van der Waals surface area contributed by atoms with Crippen molar-refractivity contribution in [3.05, 3.63) is 33.9 Å². The van der Waals surface area contributed by atoms with E-state index in [2.05, 4.69) is 0 Å². The standard InChI is InChI=1S/C11H14O2.H3N/c1-6-5-10(11(12)13)9(4)8(3)7(6)2;/h5H,1-4H3,(H,12,13);1H3. The zero-order valence-corrected chi connectivity index (χ0v) is 9.39. The molecular formula is C11H17NO2. The van der Waals surface area contributed by atoms with Crippen LogP contribution in [-0.4, -0.2) is 5.97 Å². The molecule has 3 heteroatoms. The maximum Gasteiger partial charge on any atom is 0.0718 e. The van der Waals surface area contributed by atoms with Crippen molar-refractivity contribution in [2.24, 2.45) is 0 Å². The van der Waals surface area contributed by atoms with Crippen LogP contribution >= 0.6 is 0 Å². The fourth-order valence-corrected chi connectivity index (χ4v) is 1.42. The number of carbonyl (C=O) groups excluding carboxylic acids is 1. The molecule has 0 bridgehead atoms. The van der Waals surface area contributed by atoms with Crippen LogP contribution < -0.4 is 11.3 Å². The Bertz CT molecular complexity index is 370. The highest BCUT2D eigenvalue weighted by Gasteiger charge is 2.06. The third kappa shape index (κ3) is 1.93. The SMILES string of the molecule is Cc1cc(C(=O)[O-])c(C)c(C)c1C.[NH4+]. The molecule has 0 aliphatic heterocycles. The number of hydrogen-bond donors (Lipinski definition) is 1. The zero-order chi connectivity index (χ0) is 10.2. The summed E-state index contributed by atoms with van der Waals surface area (Å²) in [4.78, 5) is 10.7. The Hall–Kier alpha value is -1.35. The van der Waals surface area contributed by atoms with Crippen LogP contribution in [0.2, 0.25) is 0 Å². The van der Waals surface area contributed by atoms with Crippen molar-refractivity contribution in [2.75, 3.05) is 0 Å². The predicted octanol–water partition coefficient (Wildman–Crippen LogP) is 1.66. The number of carboxylic acids is 1. The molecule has 0 aromatic heterocycles. The van der Waals surface area contributed by atoms with E-state index in [4.69, 9.17) is 0 Å². The van der Waals surface area contributed by atoms with Crippen molar-refractivity contribution in [3.63, 3.8) is 0 Å². The van der Waals surface area contributed by atoms with E-state index in [9.17, 15) is 9.90 Å². The van der Waals surface area contributed by atoms with Gasteiger partial charge in [-0.2, -0.15) is 0 Å². The third-order valence-electron chi connectivity index (χ3n) is 2.70. The van der Waals surface area contributed by atoms with E-state index in [1.807, 2.05) is 27.7 Å². The first-order valence-corrected chi connectivity index (χ1v) is 4.24. The first kappa shape index (κ1) is 12.7. The Morgan fingerprint density at radius 3 is 2.00 bits per heavy atom. The van der Waals surface area contributed by atoms with E-state index in [0.717, 1.165) is 22.3 Å². The minimum Gasteiger partial charge on any atom is -0.545 e. The summed E-state index contributed by atoms with van der Waals surface area (Å²) in [5.74, 6) is -1.09. The number of quaternary nitrogens is 1. The minimum atomic E-state index is -1.09. The lowest BCUT2D eigenvalue weighted by Crippen LogP contribution is -2.24. The van der Waals surface area contributed by atoms with Gasteiger partial charge in [0.05, 0.1) is 5.97 Å². The van der Waals surface area contributed by atoms with E-state index >= 15 is 0 Å². The molecule has 0 heterocycles. The molecule has 0 saturated carbocycles. The maximum absolute atomic E-state index is 10.7. The number of rotatable bonds is 1. The highest BCUT2D eigenvalue weighted by atomic mass is 16.4. The molecule has 0 spiro atoms. The lowest BCUT2D eigenvalue weighted by atomic mass is 9.95. The van der Waals surface area contributed by atoms with Crippen molar-refractivity contribution in [2.45, 2.75) is 27.7 Å². The molecule has 0 aliphatic carbocycles. The van der Waals surface area contributed by atoms with Crippen molar-refractivity contribution < 1.29 is 9.90 Å². The largest absolute Gasteiger partial charge is 0.545 e. The molecule has 0 atom stereocenters. The maximum atomic E-state index is 10.7. The topological polar surface area (TPSA) is 76.6 Å². The first-order chi connectivity index (χ1) is 5.95. The van der Waals surface area contributed by atoms with Gasteiger partial charge in [0.2, 0.25) is 0 Å². The Labute approximate surface area is 84.3 Å². The molecule has 0 amide bonds. The van der Waals surface area contributed by atoms with Crippen LogP contribution in [0.4, 0.5) is 0 Å². The van der Waals surface area contributed by atoms with Gasteiger partial charge in [-0.25, -0.2) is 0 Å². The van der Waals surface area contributed by atoms with Crippen LogP contribution in [0.1, 0.15) is 32.6 Å². The summed E-state index contributed by atoms with van der Waals surface area (Å²) in [7, 11) is 0. The van der Waals surface area contributed by atoms with Gasteiger partial charge in [-0.15, -0.1) is 0 Å². The molecule has 1 aromatic carbocycles. The molecule has 1 aromatic rings. The fourth-order valence-electron chi connectivity index (χ4n) is 1.42. The van der Waals surface area contributed by atoms with Crippen LogP contribution in [0.15, 0.2) is 6.07 Å². The van der Waals surface area contributed by atoms with Crippen LogP contribution in [-0.2, 0) is 0 Å². The Kier molecular flexibility index (Phi) is 3.83. The van der Waals surface area contributed by atoms with Gasteiger partial charge in [-0.1, -0.05) is 0 Å². The second kappa shape index (κ2) is 4.24. The van der Waals surface area contributed by atoms with E-state index in [-0.39, 0.29) is 6.15 Å². The predicted molar refractivity (Wildman–Crippen MR) is 55.7 cm³/mol. The Morgan fingerprint density at radius 2 is 1.57 bits per heavy atom. The second-order valence-electron chi connectivity index (χ2n) is 3.40. The summed E-state index contributed by atoms with van der Waals surface area (Å²) in [6.45, 7) is 7.65. The van der Waals surface area contributed by atoms with Gasteiger partial charge in [0.15, 0.2) is 0 Å². The van der Waals surface area contributed by atoms with Crippen LogP contribution in [0.5, 0.6) is 0 Å². The molecule has 0 aliphatic rings. The lowest BCUT2D eigenvalue weighted by molar-refractivity contribution is -0.255. The second-order valence-corrected chi connectivity index (χ2v) is 3.40. The van der Waals surface area contributed by atoms with Gasteiger partial charge in [0.1, 0.15) is 0 Å². The van der Waals surface area contributed by atoms with Gasteiger partial charge in [0, 0.05) is 5.56 Å². The highest BCUT2D eigenvalue weighted by Crippen LogP contribution is 2.20. The molecule has 0 fully saturated rings. The van der Waals surface area contributed by atoms with Crippen molar-refractivity contribution in [1.82, 2.24) is 6.15 Å². The summed E-state index contributed by atoms with van der Waals surface area (Å²) in [5.41, 5.74) is 4.31. The zero-order valence-electron chi connectivity index (χ0n) is 9.39. The normalized spacial score (nSPS) is 9.43. The molecule has 4 N–H and O–H groups in total. The quantitative estimate of drug-likeness (QED) is 0.739. The number of benzene rings is 1. The van der Waals surface area contributed by atoms with Gasteiger partial charge in [-0.3, -0.25) is 0 Å². The van der Waals surface area contributed by atoms with Gasteiger partial charge in [-0.05, 0) is 56.0 Å². The van der Waals surface area contributed by atoms with Crippen molar-refractivity contribution in [3.8, 4) is 0 Å². The molecular weight excluding hydrogens is 178 g/mol. The summed E-state index contributed by atoms with van der Waals surface area (Å²) in [6, 6.07) is 1.67. The monoisotopic (exact) mass is 195 g/mol. The van der Waals surface area contributed by atoms with E-state index < -0.39 is 5.97 Å². The molecule has 3 nitrogen and oxygen atoms in total. The first-order valence-electron chi connectivity index (χ1n) is 4.24.